The molecule has 72 valence electrons. The number of aliphatic hydroxyl groups excluding tert-OH is 1. The number of nitrogens with two attached hydrogens (primary N) is 1. The lowest BCUT2D eigenvalue weighted by Crippen LogP contribution is -2.37. The van der Waals surface area contributed by atoms with E-state index >= 15 is 0 Å². The smallest absolute Gasteiger partial charge is 0.247 e. The van der Waals surface area contributed by atoms with Crippen LogP contribution < -0.4 is 11.1 Å². The molecule has 0 aliphatic carbocycles. The van der Waals surface area contributed by atoms with Crippen molar-refractivity contribution in [2.45, 2.75) is 12.5 Å². The van der Waals surface area contributed by atoms with Crippen LogP contribution in [0.4, 0.5) is 0 Å². The topological polar surface area (TPSA) is 75.3 Å². The number of hydrogen-bond donors (Lipinski definition) is 3. The lowest BCUT2D eigenvalue weighted by molar-refractivity contribution is -0.125. The third-order valence-corrected chi connectivity index (χ3v) is 2.07. The predicted molar refractivity (Wildman–Crippen MR) is 51.1 cm³/mol. The van der Waals surface area contributed by atoms with Gasteiger partial charge in [-0.3, -0.25) is 4.79 Å². The van der Waals surface area contributed by atoms with Gasteiger partial charge in [0.05, 0.1) is 0 Å². The Morgan fingerprint density at radius 3 is 2.92 bits per heavy atom. The summed E-state index contributed by atoms with van der Waals surface area (Å²) in [4.78, 5) is 10.3. The number of rotatable bonds is 7. The summed E-state index contributed by atoms with van der Waals surface area (Å²) < 4.78 is 0. The van der Waals surface area contributed by atoms with Crippen LogP contribution in [0.1, 0.15) is 6.42 Å². The van der Waals surface area contributed by atoms with E-state index in [-0.39, 0.29) is 6.54 Å². The summed E-state index contributed by atoms with van der Waals surface area (Å²) in [6.45, 7) is 1.06. The fraction of sp³-hybridized carbons (Fsp3) is 0.857. The summed E-state index contributed by atoms with van der Waals surface area (Å²) in [5.41, 5.74) is 4.84. The fourth-order valence-electron chi connectivity index (χ4n) is 0.681. The first-order chi connectivity index (χ1) is 5.68. The van der Waals surface area contributed by atoms with E-state index in [1.54, 1.807) is 11.8 Å². The Morgan fingerprint density at radius 1 is 1.75 bits per heavy atom. The SMILES string of the molecule is CSCCCNCC(O)C(N)=O. The molecule has 0 aromatic rings. The second-order valence-electron chi connectivity index (χ2n) is 2.47. The molecule has 1 atom stereocenters. The van der Waals surface area contributed by atoms with Crippen LogP contribution in [0.15, 0.2) is 0 Å². The Labute approximate surface area is 76.9 Å². The van der Waals surface area contributed by atoms with Crippen LogP contribution in [-0.2, 0) is 4.79 Å². The molecule has 0 aliphatic heterocycles. The lowest BCUT2D eigenvalue weighted by atomic mass is 10.3. The van der Waals surface area contributed by atoms with Gasteiger partial charge in [-0.05, 0) is 25.0 Å². The van der Waals surface area contributed by atoms with Gasteiger partial charge in [0.2, 0.25) is 5.91 Å². The van der Waals surface area contributed by atoms with Gasteiger partial charge in [-0.2, -0.15) is 11.8 Å². The first-order valence-electron chi connectivity index (χ1n) is 3.85. The third-order valence-electron chi connectivity index (χ3n) is 1.37. The van der Waals surface area contributed by atoms with E-state index in [0.717, 1.165) is 18.7 Å². The Balaban J connectivity index is 3.14. The number of carbonyl (C=O) groups excluding carboxylic acids is 1. The molecular formula is C7H16N2O2S. The van der Waals surface area contributed by atoms with E-state index in [2.05, 4.69) is 5.32 Å². The number of nitrogens with one attached hydrogen (secondary N) is 1. The maximum absolute atomic E-state index is 10.3. The molecule has 1 unspecified atom stereocenters. The molecule has 0 rings (SSSR count). The molecule has 0 aliphatic rings. The largest absolute Gasteiger partial charge is 0.382 e. The fourth-order valence-corrected chi connectivity index (χ4v) is 1.11. The normalized spacial score (nSPS) is 12.8. The maximum atomic E-state index is 10.3. The molecule has 0 fully saturated rings. The molecule has 0 aromatic carbocycles. The zero-order chi connectivity index (χ0) is 9.40. The van der Waals surface area contributed by atoms with Gasteiger partial charge in [-0.1, -0.05) is 0 Å². The van der Waals surface area contributed by atoms with E-state index in [1.807, 2.05) is 6.26 Å². The van der Waals surface area contributed by atoms with Crippen LogP contribution in [-0.4, -0.2) is 42.2 Å². The Morgan fingerprint density at radius 2 is 2.42 bits per heavy atom. The molecule has 0 spiro atoms. The summed E-state index contributed by atoms with van der Waals surface area (Å²) in [5, 5.41) is 11.9. The van der Waals surface area contributed by atoms with E-state index in [0.29, 0.717) is 0 Å². The summed E-state index contributed by atoms with van der Waals surface area (Å²) in [7, 11) is 0. The lowest BCUT2D eigenvalue weighted by Gasteiger charge is -2.07. The van der Waals surface area contributed by atoms with Gasteiger partial charge < -0.3 is 16.2 Å². The van der Waals surface area contributed by atoms with E-state index < -0.39 is 12.0 Å². The molecule has 0 saturated heterocycles. The van der Waals surface area contributed by atoms with Gasteiger partial charge in [-0.25, -0.2) is 0 Å². The highest BCUT2D eigenvalue weighted by atomic mass is 32.2. The van der Waals surface area contributed by atoms with Crippen molar-refractivity contribution in [2.75, 3.05) is 25.1 Å². The Kier molecular flexibility index (Phi) is 7.23. The highest BCUT2D eigenvalue weighted by Gasteiger charge is 2.08. The van der Waals surface area contributed by atoms with Crippen LogP contribution >= 0.6 is 11.8 Å². The summed E-state index contributed by atoms with van der Waals surface area (Å²) >= 11 is 1.77. The van der Waals surface area contributed by atoms with Gasteiger partial charge in [0, 0.05) is 6.54 Å². The van der Waals surface area contributed by atoms with Crippen LogP contribution in [0.3, 0.4) is 0 Å². The van der Waals surface area contributed by atoms with Crippen molar-refractivity contribution < 1.29 is 9.90 Å². The average Bonchev–Trinajstić information content (AvgIpc) is 2.03. The molecule has 0 bridgehead atoms. The number of primary amides is 1. The van der Waals surface area contributed by atoms with Crippen molar-refractivity contribution in [1.29, 1.82) is 0 Å². The van der Waals surface area contributed by atoms with Crippen LogP contribution in [0.5, 0.6) is 0 Å². The minimum Gasteiger partial charge on any atom is -0.382 e. The second-order valence-corrected chi connectivity index (χ2v) is 3.45. The van der Waals surface area contributed by atoms with Crippen molar-refractivity contribution in [3.63, 3.8) is 0 Å². The molecule has 4 nitrogen and oxygen atoms in total. The molecule has 0 radical (unpaired) electrons. The third kappa shape index (κ3) is 6.45. The standard InChI is InChI=1S/C7H16N2O2S/c1-12-4-2-3-9-5-6(10)7(8)11/h6,9-10H,2-5H2,1H3,(H2,8,11). The van der Waals surface area contributed by atoms with Crippen LogP contribution in [0.2, 0.25) is 0 Å². The zero-order valence-corrected chi connectivity index (χ0v) is 8.06. The first kappa shape index (κ1) is 11.7. The Hall–Kier alpha value is -0.260. The van der Waals surface area contributed by atoms with E-state index in [9.17, 15) is 4.79 Å². The van der Waals surface area contributed by atoms with Gasteiger partial charge in [-0.15, -0.1) is 0 Å². The molecular weight excluding hydrogens is 176 g/mol. The highest BCUT2D eigenvalue weighted by Crippen LogP contribution is 1.93. The summed E-state index contributed by atoms with van der Waals surface area (Å²) in [6.07, 6.45) is 2.02. The van der Waals surface area contributed by atoms with Gasteiger partial charge in [0.15, 0.2) is 0 Å². The molecule has 0 heterocycles. The molecule has 0 saturated carbocycles. The predicted octanol–water partition coefficient (Wildman–Crippen LogP) is -0.825. The summed E-state index contributed by atoms with van der Waals surface area (Å²) in [6, 6.07) is 0. The first-order valence-corrected chi connectivity index (χ1v) is 5.25. The molecule has 1 amide bonds. The molecule has 4 N–H and O–H groups in total. The maximum Gasteiger partial charge on any atom is 0.247 e. The van der Waals surface area contributed by atoms with E-state index in [1.165, 1.54) is 0 Å². The van der Waals surface area contributed by atoms with Crippen molar-refractivity contribution in [3.8, 4) is 0 Å². The van der Waals surface area contributed by atoms with Crippen LogP contribution in [0, 0.1) is 0 Å². The number of carbonyl (C=O) groups is 1. The average molecular weight is 192 g/mol. The van der Waals surface area contributed by atoms with Gasteiger partial charge >= 0.3 is 0 Å². The second kappa shape index (κ2) is 7.39. The monoisotopic (exact) mass is 192 g/mol. The van der Waals surface area contributed by atoms with Crippen molar-refractivity contribution in [1.82, 2.24) is 5.32 Å². The van der Waals surface area contributed by atoms with Crippen LogP contribution in [0.25, 0.3) is 0 Å². The number of amides is 1. The quantitative estimate of drug-likeness (QED) is 0.460. The van der Waals surface area contributed by atoms with Crippen molar-refractivity contribution in [2.24, 2.45) is 5.73 Å². The minimum atomic E-state index is -1.06. The Bertz CT molecular complexity index is 133. The highest BCUT2D eigenvalue weighted by molar-refractivity contribution is 7.98. The minimum absolute atomic E-state index is 0.254. The number of thioether (sulfide) groups is 1. The van der Waals surface area contributed by atoms with Crippen molar-refractivity contribution in [3.05, 3.63) is 0 Å². The number of aliphatic hydroxyl groups is 1. The zero-order valence-electron chi connectivity index (χ0n) is 7.25. The number of hydrogen-bond acceptors (Lipinski definition) is 4. The van der Waals surface area contributed by atoms with E-state index in [4.69, 9.17) is 10.8 Å². The molecule has 0 aromatic heterocycles. The molecule has 12 heavy (non-hydrogen) atoms. The van der Waals surface area contributed by atoms with Gasteiger partial charge in [0.1, 0.15) is 6.10 Å². The van der Waals surface area contributed by atoms with Gasteiger partial charge in [0.25, 0.3) is 0 Å². The summed E-state index contributed by atoms with van der Waals surface area (Å²) in [5.74, 6) is 0.409. The molecule has 5 heteroatoms. The van der Waals surface area contributed by atoms with Crippen molar-refractivity contribution >= 4 is 17.7 Å².